The highest BCUT2D eigenvalue weighted by molar-refractivity contribution is 7.98. The number of fused-ring (bicyclic) bond motifs is 2. The van der Waals surface area contributed by atoms with Crippen LogP contribution in [0.3, 0.4) is 0 Å². The Hall–Kier alpha value is -2.86. The molecule has 4 rings (SSSR count). The van der Waals surface area contributed by atoms with Gasteiger partial charge in [0.05, 0.1) is 6.54 Å². The van der Waals surface area contributed by atoms with Crippen LogP contribution in [0.15, 0.2) is 40.9 Å². The van der Waals surface area contributed by atoms with E-state index >= 15 is 0 Å². The van der Waals surface area contributed by atoms with Crippen molar-refractivity contribution >= 4 is 22.8 Å². The van der Waals surface area contributed by atoms with Gasteiger partial charge in [-0.05, 0) is 18.4 Å². The summed E-state index contributed by atoms with van der Waals surface area (Å²) in [5.41, 5.74) is -4.18. The van der Waals surface area contributed by atoms with Crippen LogP contribution in [0.1, 0.15) is 5.69 Å². The number of nitrogens with zero attached hydrogens (tertiary/aromatic N) is 5. The Kier molecular flexibility index (Phi) is 4.42. The van der Waals surface area contributed by atoms with E-state index in [4.69, 9.17) is 4.74 Å². The third-order valence-electron chi connectivity index (χ3n) is 4.50. The van der Waals surface area contributed by atoms with Crippen LogP contribution in [0.4, 0.5) is 13.2 Å². The van der Waals surface area contributed by atoms with Gasteiger partial charge in [0.15, 0.2) is 16.6 Å². The summed E-state index contributed by atoms with van der Waals surface area (Å²) in [6.07, 6.45) is -0.423. The Morgan fingerprint density at radius 3 is 2.83 bits per heavy atom. The van der Waals surface area contributed by atoms with Gasteiger partial charge in [-0.15, -0.1) is 6.58 Å². The summed E-state index contributed by atoms with van der Waals surface area (Å²) in [5.74, 6) is -0.210. The summed E-state index contributed by atoms with van der Waals surface area (Å²) in [5, 5.41) is 10.7. The zero-order valence-corrected chi connectivity index (χ0v) is 15.8. The molecule has 29 heavy (non-hydrogen) atoms. The molecule has 1 atom stereocenters. The van der Waals surface area contributed by atoms with Crippen molar-refractivity contribution in [1.82, 2.24) is 24.3 Å². The predicted octanol–water partition coefficient (Wildman–Crippen LogP) is 2.03. The molecule has 0 fully saturated rings. The van der Waals surface area contributed by atoms with Crippen LogP contribution in [0.25, 0.3) is 16.9 Å². The number of ether oxygens (including phenoxy) is 1. The molecule has 0 amide bonds. The number of rotatable bonds is 4. The zero-order valence-electron chi connectivity index (χ0n) is 15.0. The monoisotopic (exact) mass is 425 g/mol. The van der Waals surface area contributed by atoms with Gasteiger partial charge in [0, 0.05) is 6.20 Å². The number of hydrogen-bond acceptors (Lipinski definition) is 7. The highest BCUT2D eigenvalue weighted by atomic mass is 32.2. The second-order valence-corrected chi connectivity index (χ2v) is 7.02. The molecule has 0 bridgehead atoms. The molecule has 0 spiro atoms. The van der Waals surface area contributed by atoms with Crippen LogP contribution in [-0.2, 0) is 12.1 Å². The van der Waals surface area contributed by atoms with Crippen LogP contribution < -0.4 is 10.3 Å². The Morgan fingerprint density at radius 2 is 2.17 bits per heavy atom. The minimum absolute atomic E-state index is 0.0309. The van der Waals surface area contributed by atoms with E-state index in [1.807, 2.05) is 0 Å². The average molecular weight is 425 g/mol. The van der Waals surface area contributed by atoms with Crippen molar-refractivity contribution in [2.45, 2.75) is 23.5 Å². The van der Waals surface area contributed by atoms with Crippen molar-refractivity contribution < 1.29 is 23.0 Å². The Morgan fingerprint density at radius 1 is 1.41 bits per heavy atom. The highest BCUT2D eigenvalue weighted by Crippen LogP contribution is 2.46. The van der Waals surface area contributed by atoms with Gasteiger partial charge in [0.1, 0.15) is 23.4 Å². The molecule has 0 aliphatic carbocycles. The van der Waals surface area contributed by atoms with Crippen molar-refractivity contribution in [3.05, 3.63) is 47.0 Å². The molecule has 0 saturated carbocycles. The second-order valence-electron chi connectivity index (χ2n) is 6.24. The quantitative estimate of drug-likeness (QED) is 0.388. The topological polar surface area (TPSA) is 95.1 Å². The van der Waals surface area contributed by atoms with E-state index in [1.54, 1.807) is 6.26 Å². The van der Waals surface area contributed by atoms with E-state index in [0.29, 0.717) is 5.16 Å². The Labute approximate surface area is 165 Å². The summed E-state index contributed by atoms with van der Waals surface area (Å²) in [7, 11) is 0. The van der Waals surface area contributed by atoms with Gasteiger partial charge in [0.25, 0.3) is 5.56 Å². The number of halogens is 3. The lowest BCUT2D eigenvalue weighted by Crippen LogP contribution is -2.44. The lowest BCUT2D eigenvalue weighted by molar-refractivity contribution is -0.268. The van der Waals surface area contributed by atoms with Crippen LogP contribution >= 0.6 is 11.8 Å². The van der Waals surface area contributed by atoms with Crippen LogP contribution in [0.2, 0.25) is 0 Å². The van der Waals surface area contributed by atoms with E-state index in [0.717, 1.165) is 0 Å². The molecule has 12 heteroatoms. The lowest BCUT2D eigenvalue weighted by atomic mass is 10.0. The summed E-state index contributed by atoms with van der Waals surface area (Å²) in [6.45, 7) is 2.67. The number of aromatic nitrogens is 5. The van der Waals surface area contributed by atoms with Gasteiger partial charge >= 0.3 is 6.18 Å². The molecule has 0 saturated heterocycles. The number of hydrogen-bond donors (Lipinski definition) is 1. The first-order chi connectivity index (χ1) is 13.7. The van der Waals surface area contributed by atoms with E-state index in [1.165, 1.54) is 45.5 Å². The summed E-state index contributed by atoms with van der Waals surface area (Å²) in [4.78, 5) is 25.2. The van der Waals surface area contributed by atoms with Crippen molar-refractivity contribution in [2.75, 3.05) is 12.9 Å². The van der Waals surface area contributed by atoms with Crippen LogP contribution in [-0.4, -0.2) is 48.5 Å². The second kappa shape index (κ2) is 6.59. The minimum Gasteiger partial charge on any atom is -0.488 e. The third kappa shape index (κ3) is 2.82. The molecular formula is C17H14F3N5O3S. The fraction of sp³-hybridized carbons (Fsp3) is 0.294. The van der Waals surface area contributed by atoms with Crippen LogP contribution in [0.5, 0.6) is 5.75 Å². The highest BCUT2D eigenvalue weighted by Gasteiger charge is 2.61. The molecule has 4 heterocycles. The third-order valence-corrected chi connectivity index (χ3v) is 5.06. The maximum absolute atomic E-state index is 13.4. The van der Waals surface area contributed by atoms with Gasteiger partial charge in [-0.1, -0.05) is 17.8 Å². The largest absolute Gasteiger partial charge is 0.488 e. The number of alkyl halides is 3. The molecule has 3 aromatic rings. The molecular weight excluding hydrogens is 411 g/mol. The average Bonchev–Trinajstić information content (AvgIpc) is 3.17. The normalized spacial score (nSPS) is 18.7. The van der Waals surface area contributed by atoms with Gasteiger partial charge in [-0.2, -0.15) is 13.2 Å². The molecule has 152 valence electrons. The summed E-state index contributed by atoms with van der Waals surface area (Å²) < 4.78 is 47.8. The molecule has 1 aliphatic heterocycles. The SMILES string of the molecule is C=CCn1c(=O)c2cnc(SC)nc2n1-c1ccc2c(n1)C(O)(C(F)(F)F)CO2. The fourth-order valence-electron chi connectivity index (χ4n) is 3.06. The van der Waals surface area contributed by atoms with E-state index < -0.39 is 29.6 Å². The Bertz CT molecular complexity index is 1190. The smallest absolute Gasteiger partial charge is 0.426 e. The number of thioether (sulfide) groups is 1. The molecule has 1 N–H and O–H groups in total. The van der Waals surface area contributed by atoms with Crippen molar-refractivity contribution in [3.63, 3.8) is 0 Å². The molecule has 0 radical (unpaired) electrons. The van der Waals surface area contributed by atoms with E-state index in [-0.39, 0.29) is 29.1 Å². The summed E-state index contributed by atoms with van der Waals surface area (Å²) >= 11 is 1.24. The molecule has 1 unspecified atom stereocenters. The maximum Gasteiger partial charge on any atom is 0.426 e. The molecule has 0 aromatic carbocycles. The number of aliphatic hydroxyl groups is 1. The van der Waals surface area contributed by atoms with Crippen molar-refractivity contribution in [3.8, 4) is 11.6 Å². The first-order valence-corrected chi connectivity index (χ1v) is 9.51. The number of pyridine rings is 1. The Balaban J connectivity index is 2.01. The van der Waals surface area contributed by atoms with Crippen molar-refractivity contribution in [1.29, 1.82) is 0 Å². The van der Waals surface area contributed by atoms with Crippen molar-refractivity contribution in [2.24, 2.45) is 0 Å². The van der Waals surface area contributed by atoms with Gasteiger partial charge < -0.3 is 9.84 Å². The first-order valence-electron chi connectivity index (χ1n) is 8.28. The zero-order chi connectivity index (χ0) is 21.0. The predicted molar refractivity (Wildman–Crippen MR) is 98.3 cm³/mol. The van der Waals surface area contributed by atoms with Gasteiger partial charge in [-0.3, -0.25) is 4.79 Å². The first kappa shape index (κ1) is 19.5. The fourth-order valence-corrected chi connectivity index (χ4v) is 3.40. The van der Waals surface area contributed by atoms with E-state index in [2.05, 4.69) is 21.5 Å². The molecule has 3 aromatic heterocycles. The lowest BCUT2D eigenvalue weighted by Gasteiger charge is -2.23. The number of allylic oxidation sites excluding steroid dienone is 1. The van der Waals surface area contributed by atoms with E-state index in [9.17, 15) is 23.1 Å². The minimum atomic E-state index is -4.99. The maximum atomic E-state index is 13.4. The van der Waals surface area contributed by atoms with Gasteiger partial charge in [0.2, 0.25) is 5.60 Å². The summed E-state index contributed by atoms with van der Waals surface area (Å²) in [6, 6.07) is 2.66. The van der Waals surface area contributed by atoms with Crippen LogP contribution in [0, 0.1) is 0 Å². The van der Waals surface area contributed by atoms with Gasteiger partial charge in [-0.25, -0.2) is 24.3 Å². The standard InChI is InChI=1S/C17H14F3N5O3S/c1-3-6-24-14(26)9-7-21-15(29-2)23-13(9)25(24)11-5-4-10-12(22-11)16(27,8-28-10)17(18,19)20/h3-5,7,27H,1,6,8H2,2H3. The molecule has 1 aliphatic rings. The molecule has 8 nitrogen and oxygen atoms in total.